The van der Waals surface area contributed by atoms with Gasteiger partial charge in [-0.2, -0.15) is 0 Å². The van der Waals surface area contributed by atoms with Crippen LogP contribution in [-0.4, -0.2) is 11.7 Å². The first-order chi connectivity index (χ1) is 9.22. The molecule has 0 unspecified atom stereocenters. The SMILES string of the molecule is [C-]#[N+]c1cc(CCO)ccc1Oc1cccc(C)c1. The molecular formula is C16H15NO2. The van der Waals surface area contributed by atoms with Crippen LogP contribution < -0.4 is 4.74 Å². The number of hydrogen-bond acceptors (Lipinski definition) is 2. The van der Waals surface area contributed by atoms with Crippen LogP contribution in [0.4, 0.5) is 5.69 Å². The summed E-state index contributed by atoms with van der Waals surface area (Å²) in [7, 11) is 0. The van der Waals surface area contributed by atoms with Gasteiger partial charge in [-0.05, 0) is 43.2 Å². The fraction of sp³-hybridized carbons (Fsp3) is 0.188. The van der Waals surface area contributed by atoms with Gasteiger partial charge >= 0.3 is 0 Å². The van der Waals surface area contributed by atoms with Crippen LogP contribution in [0.1, 0.15) is 11.1 Å². The van der Waals surface area contributed by atoms with Crippen LogP contribution in [0.15, 0.2) is 42.5 Å². The van der Waals surface area contributed by atoms with Gasteiger partial charge in [-0.25, -0.2) is 4.85 Å². The maximum Gasteiger partial charge on any atom is 0.229 e. The lowest BCUT2D eigenvalue weighted by atomic mass is 10.1. The van der Waals surface area contributed by atoms with Crippen LogP contribution >= 0.6 is 0 Å². The van der Waals surface area contributed by atoms with Crippen LogP contribution in [0.2, 0.25) is 0 Å². The van der Waals surface area contributed by atoms with Crippen molar-refractivity contribution in [3.05, 3.63) is 65.0 Å². The third kappa shape index (κ3) is 3.34. The van der Waals surface area contributed by atoms with E-state index >= 15 is 0 Å². The molecule has 0 atom stereocenters. The van der Waals surface area contributed by atoms with Gasteiger partial charge in [-0.1, -0.05) is 23.8 Å². The van der Waals surface area contributed by atoms with Crippen molar-refractivity contribution >= 4 is 5.69 Å². The summed E-state index contributed by atoms with van der Waals surface area (Å²) in [5.74, 6) is 1.27. The first-order valence-corrected chi connectivity index (χ1v) is 6.08. The van der Waals surface area contributed by atoms with E-state index in [1.165, 1.54) is 0 Å². The minimum atomic E-state index is 0.0789. The Bertz CT molecular complexity index is 614. The first-order valence-electron chi connectivity index (χ1n) is 6.08. The van der Waals surface area contributed by atoms with Gasteiger partial charge in [0.2, 0.25) is 5.69 Å². The zero-order valence-electron chi connectivity index (χ0n) is 10.8. The van der Waals surface area contributed by atoms with Crippen molar-refractivity contribution in [3.63, 3.8) is 0 Å². The normalized spacial score (nSPS) is 9.95. The van der Waals surface area contributed by atoms with E-state index in [0.717, 1.165) is 16.9 Å². The molecule has 2 rings (SSSR count). The maximum absolute atomic E-state index is 8.91. The molecule has 0 aliphatic rings. The van der Waals surface area contributed by atoms with Crippen LogP contribution in [0.3, 0.4) is 0 Å². The Balaban J connectivity index is 2.28. The Morgan fingerprint density at radius 3 is 2.74 bits per heavy atom. The monoisotopic (exact) mass is 253 g/mol. The summed E-state index contributed by atoms with van der Waals surface area (Å²) in [6.07, 6.45) is 0.549. The quantitative estimate of drug-likeness (QED) is 0.839. The molecule has 0 spiro atoms. The van der Waals surface area contributed by atoms with Gasteiger partial charge in [0.1, 0.15) is 11.5 Å². The van der Waals surface area contributed by atoms with Crippen LogP contribution in [0.25, 0.3) is 4.85 Å². The molecule has 19 heavy (non-hydrogen) atoms. The summed E-state index contributed by atoms with van der Waals surface area (Å²) in [6.45, 7) is 9.28. The van der Waals surface area contributed by atoms with Crippen molar-refractivity contribution < 1.29 is 9.84 Å². The fourth-order valence-electron chi connectivity index (χ4n) is 1.83. The first kappa shape index (κ1) is 13.1. The van der Waals surface area contributed by atoms with E-state index in [-0.39, 0.29) is 6.61 Å². The van der Waals surface area contributed by atoms with Gasteiger partial charge in [0.25, 0.3) is 0 Å². The second-order valence-electron chi connectivity index (χ2n) is 4.31. The van der Waals surface area contributed by atoms with Crippen molar-refractivity contribution in [2.24, 2.45) is 0 Å². The second kappa shape index (κ2) is 6.03. The van der Waals surface area contributed by atoms with Gasteiger partial charge in [-0.15, -0.1) is 0 Å². The van der Waals surface area contributed by atoms with E-state index in [0.29, 0.717) is 17.9 Å². The number of aliphatic hydroxyl groups is 1. The van der Waals surface area contributed by atoms with Crippen LogP contribution in [0.5, 0.6) is 11.5 Å². The predicted molar refractivity (Wildman–Crippen MR) is 74.7 cm³/mol. The molecule has 0 aliphatic carbocycles. The molecule has 3 nitrogen and oxygen atoms in total. The number of ether oxygens (including phenoxy) is 1. The Morgan fingerprint density at radius 2 is 2.05 bits per heavy atom. The van der Waals surface area contributed by atoms with E-state index in [4.69, 9.17) is 16.4 Å². The number of benzene rings is 2. The average molecular weight is 253 g/mol. The van der Waals surface area contributed by atoms with E-state index in [1.54, 1.807) is 12.1 Å². The van der Waals surface area contributed by atoms with Crippen molar-refractivity contribution in [1.82, 2.24) is 0 Å². The molecule has 96 valence electrons. The highest BCUT2D eigenvalue weighted by Crippen LogP contribution is 2.33. The largest absolute Gasteiger partial charge is 0.468 e. The smallest absolute Gasteiger partial charge is 0.229 e. The molecule has 0 aromatic heterocycles. The van der Waals surface area contributed by atoms with E-state index in [2.05, 4.69) is 4.85 Å². The van der Waals surface area contributed by atoms with E-state index in [1.807, 2.05) is 37.3 Å². The lowest BCUT2D eigenvalue weighted by Crippen LogP contribution is -1.91. The molecule has 1 N–H and O–H groups in total. The molecule has 0 amide bonds. The van der Waals surface area contributed by atoms with Gasteiger partial charge in [0.15, 0.2) is 0 Å². The third-order valence-corrected chi connectivity index (χ3v) is 2.76. The van der Waals surface area contributed by atoms with Crippen molar-refractivity contribution in [1.29, 1.82) is 0 Å². The standard InChI is InChI=1S/C16H15NO2/c1-12-4-3-5-14(10-12)19-16-7-6-13(8-9-18)11-15(16)17-2/h3-7,10-11,18H,8-9H2,1H3. The van der Waals surface area contributed by atoms with E-state index in [9.17, 15) is 0 Å². The Morgan fingerprint density at radius 1 is 1.21 bits per heavy atom. The van der Waals surface area contributed by atoms with Crippen molar-refractivity contribution in [2.45, 2.75) is 13.3 Å². The highest BCUT2D eigenvalue weighted by atomic mass is 16.5. The van der Waals surface area contributed by atoms with Gasteiger partial charge in [0, 0.05) is 6.61 Å². The summed E-state index contributed by atoms with van der Waals surface area (Å²) in [4.78, 5) is 3.48. The molecule has 3 heteroatoms. The summed E-state index contributed by atoms with van der Waals surface area (Å²) >= 11 is 0. The molecule has 0 bridgehead atoms. The Kier molecular flexibility index (Phi) is 4.17. The molecule has 0 aliphatic heterocycles. The zero-order chi connectivity index (χ0) is 13.7. The van der Waals surface area contributed by atoms with Gasteiger partial charge in [0.05, 0.1) is 6.57 Å². The number of nitrogens with zero attached hydrogens (tertiary/aromatic N) is 1. The van der Waals surface area contributed by atoms with Gasteiger partial charge in [-0.3, -0.25) is 0 Å². The van der Waals surface area contributed by atoms with Gasteiger partial charge < -0.3 is 9.84 Å². The Hall–Kier alpha value is -2.31. The highest BCUT2D eigenvalue weighted by molar-refractivity contribution is 5.60. The van der Waals surface area contributed by atoms with Crippen molar-refractivity contribution in [3.8, 4) is 11.5 Å². The van der Waals surface area contributed by atoms with Crippen LogP contribution in [0, 0.1) is 13.5 Å². The number of aryl methyl sites for hydroxylation is 1. The summed E-state index contributed by atoms with van der Waals surface area (Å²) in [5, 5.41) is 8.91. The summed E-state index contributed by atoms with van der Waals surface area (Å²) in [5.41, 5.74) is 2.51. The van der Waals surface area contributed by atoms with Crippen LogP contribution in [-0.2, 0) is 6.42 Å². The minimum absolute atomic E-state index is 0.0789. The Labute approximate surface area is 112 Å². The number of hydrogen-bond donors (Lipinski definition) is 1. The topological polar surface area (TPSA) is 33.8 Å². The maximum atomic E-state index is 8.91. The molecule has 2 aromatic carbocycles. The minimum Gasteiger partial charge on any atom is -0.468 e. The molecule has 0 heterocycles. The summed E-state index contributed by atoms with van der Waals surface area (Å²) in [6, 6.07) is 13.1. The second-order valence-corrected chi connectivity index (χ2v) is 4.31. The fourth-order valence-corrected chi connectivity index (χ4v) is 1.83. The molecular weight excluding hydrogens is 238 g/mol. The zero-order valence-corrected chi connectivity index (χ0v) is 10.8. The molecule has 2 aromatic rings. The number of rotatable bonds is 4. The number of aliphatic hydroxyl groups excluding tert-OH is 1. The molecule has 0 fully saturated rings. The lowest BCUT2D eigenvalue weighted by Gasteiger charge is -2.09. The summed E-state index contributed by atoms with van der Waals surface area (Å²) < 4.78 is 5.74. The molecule has 0 radical (unpaired) electrons. The highest BCUT2D eigenvalue weighted by Gasteiger charge is 2.06. The average Bonchev–Trinajstić information content (AvgIpc) is 2.41. The van der Waals surface area contributed by atoms with E-state index < -0.39 is 0 Å². The van der Waals surface area contributed by atoms with Crippen molar-refractivity contribution in [2.75, 3.05) is 6.61 Å². The predicted octanol–water partition coefficient (Wildman–Crippen LogP) is 3.87. The lowest BCUT2D eigenvalue weighted by molar-refractivity contribution is 0.299. The third-order valence-electron chi connectivity index (χ3n) is 2.76. The molecule has 0 saturated carbocycles. The molecule has 0 saturated heterocycles.